The summed E-state index contributed by atoms with van der Waals surface area (Å²) in [5, 5.41) is 3.44. The molecule has 0 bridgehead atoms. The highest BCUT2D eigenvalue weighted by Crippen LogP contribution is 2.32. The van der Waals surface area contributed by atoms with Crippen LogP contribution in [-0.4, -0.2) is 32.7 Å². The van der Waals surface area contributed by atoms with Crippen LogP contribution in [0.15, 0.2) is 30.6 Å². The first-order chi connectivity index (χ1) is 12.8. The van der Waals surface area contributed by atoms with Gasteiger partial charge in [0.15, 0.2) is 17.0 Å². The second-order valence-corrected chi connectivity index (χ2v) is 6.38. The van der Waals surface area contributed by atoms with Gasteiger partial charge < -0.3 is 14.8 Å². The van der Waals surface area contributed by atoms with Crippen LogP contribution < -0.4 is 10.1 Å². The summed E-state index contributed by atoms with van der Waals surface area (Å²) in [4.78, 5) is 13.2. The van der Waals surface area contributed by atoms with Gasteiger partial charge in [-0.3, -0.25) is 4.57 Å². The van der Waals surface area contributed by atoms with Gasteiger partial charge in [0, 0.05) is 6.61 Å². The molecule has 0 saturated carbocycles. The van der Waals surface area contributed by atoms with Crippen molar-refractivity contribution >= 4 is 34.3 Å². The number of halogens is 1. The molecule has 1 aromatic carbocycles. The normalized spacial score (nSPS) is 17.4. The average molecular weight is 374 g/mol. The summed E-state index contributed by atoms with van der Waals surface area (Å²) >= 11 is 6.18. The van der Waals surface area contributed by atoms with Crippen LogP contribution in [0.1, 0.15) is 32.4 Å². The maximum atomic E-state index is 6.18. The number of aromatic nitrogens is 4. The number of ether oxygens (including phenoxy) is 2. The second-order valence-electron chi connectivity index (χ2n) is 6.04. The molecule has 1 N–H and O–H groups in total. The van der Waals surface area contributed by atoms with Crippen LogP contribution in [0.25, 0.3) is 11.2 Å². The fourth-order valence-electron chi connectivity index (χ4n) is 3.11. The molecule has 8 heteroatoms. The topological polar surface area (TPSA) is 74.1 Å². The third-order valence-corrected chi connectivity index (χ3v) is 4.47. The van der Waals surface area contributed by atoms with Crippen molar-refractivity contribution in [2.75, 3.05) is 18.5 Å². The predicted molar refractivity (Wildman–Crippen MR) is 100 cm³/mol. The summed E-state index contributed by atoms with van der Waals surface area (Å²) in [5.41, 5.74) is 2.11. The van der Waals surface area contributed by atoms with Gasteiger partial charge >= 0.3 is 0 Å². The van der Waals surface area contributed by atoms with Crippen molar-refractivity contribution in [3.63, 3.8) is 0 Å². The largest absolute Gasteiger partial charge is 0.492 e. The molecule has 7 nitrogen and oxygen atoms in total. The number of hydrogen-bond donors (Lipinski definition) is 1. The van der Waals surface area contributed by atoms with Crippen molar-refractivity contribution in [3.05, 3.63) is 35.9 Å². The lowest BCUT2D eigenvalue weighted by Gasteiger charge is -2.23. The molecule has 1 unspecified atom stereocenters. The number of fused-ring (bicyclic) bond motifs is 1. The van der Waals surface area contributed by atoms with E-state index in [1.807, 2.05) is 35.8 Å². The Kier molecular flexibility index (Phi) is 4.90. The molecule has 1 aliphatic rings. The molecule has 4 rings (SSSR count). The van der Waals surface area contributed by atoms with Crippen LogP contribution >= 0.6 is 11.6 Å². The minimum Gasteiger partial charge on any atom is -0.492 e. The van der Waals surface area contributed by atoms with Crippen molar-refractivity contribution < 1.29 is 9.47 Å². The van der Waals surface area contributed by atoms with E-state index in [9.17, 15) is 0 Å². The Morgan fingerprint density at radius 2 is 2.19 bits per heavy atom. The van der Waals surface area contributed by atoms with E-state index in [4.69, 9.17) is 21.1 Å². The summed E-state index contributed by atoms with van der Waals surface area (Å²) < 4.78 is 13.5. The third kappa shape index (κ3) is 3.32. The van der Waals surface area contributed by atoms with Crippen molar-refractivity contribution in [2.24, 2.45) is 0 Å². The van der Waals surface area contributed by atoms with Gasteiger partial charge in [-0.25, -0.2) is 4.98 Å². The molecule has 0 spiro atoms. The highest BCUT2D eigenvalue weighted by molar-refractivity contribution is 6.28. The third-order valence-electron chi connectivity index (χ3n) is 4.30. The number of imidazole rings is 1. The van der Waals surface area contributed by atoms with Crippen LogP contribution in [-0.2, 0) is 4.74 Å². The average Bonchev–Trinajstić information content (AvgIpc) is 3.08. The maximum absolute atomic E-state index is 6.18. The van der Waals surface area contributed by atoms with E-state index in [1.165, 1.54) is 0 Å². The van der Waals surface area contributed by atoms with Crippen molar-refractivity contribution in [3.8, 4) is 5.75 Å². The standard InChI is InChI=1S/C18H20ClN5O2/c1-2-25-13-8-4-3-7-12(13)21-16-15-17(23-18(19)22-16)24(11-20-15)14-9-5-6-10-26-14/h3-4,7-8,11,14H,2,5-6,9-10H2,1H3,(H,21,22,23). The SMILES string of the molecule is CCOc1ccccc1Nc1nc(Cl)nc2c1ncn2C1CCCCO1. The number of nitrogens with zero attached hydrogens (tertiary/aromatic N) is 4. The Hall–Kier alpha value is -2.38. The highest BCUT2D eigenvalue weighted by Gasteiger charge is 2.21. The second kappa shape index (κ2) is 7.47. The molecular weight excluding hydrogens is 354 g/mol. The number of benzene rings is 1. The lowest BCUT2D eigenvalue weighted by Crippen LogP contribution is -2.17. The zero-order chi connectivity index (χ0) is 17.9. The zero-order valence-electron chi connectivity index (χ0n) is 14.5. The summed E-state index contributed by atoms with van der Waals surface area (Å²) in [6.07, 6.45) is 4.81. The van der Waals surface area contributed by atoms with Gasteiger partial charge in [-0.05, 0) is 49.9 Å². The maximum Gasteiger partial charge on any atom is 0.226 e. The summed E-state index contributed by atoms with van der Waals surface area (Å²) in [6, 6.07) is 7.68. The van der Waals surface area contributed by atoms with Crippen molar-refractivity contribution in [1.29, 1.82) is 0 Å². The number of para-hydroxylation sites is 2. The number of nitrogens with one attached hydrogen (secondary N) is 1. The first-order valence-corrected chi connectivity index (χ1v) is 9.14. The molecule has 0 radical (unpaired) electrons. The lowest BCUT2D eigenvalue weighted by atomic mass is 10.2. The van der Waals surface area contributed by atoms with E-state index in [1.54, 1.807) is 6.33 Å². The van der Waals surface area contributed by atoms with Crippen LogP contribution in [0.5, 0.6) is 5.75 Å². The van der Waals surface area contributed by atoms with Gasteiger partial charge in [0.1, 0.15) is 12.0 Å². The molecule has 1 fully saturated rings. The first kappa shape index (κ1) is 17.1. The molecule has 3 aromatic rings. The summed E-state index contributed by atoms with van der Waals surface area (Å²) in [6.45, 7) is 3.27. The van der Waals surface area contributed by atoms with Crippen LogP contribution in [0.3, 0.4) is 0 Å². The van der Waals surface area contributed by atoms with Gasteiger partial charge in [-0.1, -0.05) is 12.1 Å². The Morgan fingerprint density at radius 1 is 1.31 bits per heavy atom. The van der Waals surface area contributed by atoms with Crippen LogP contribution in [0.2, 0.25) is 5.28 Å². The molecule has 1 saturated heterocycles. The molecule has 26 heavy (non-hydrogen) atoms. The smallest absolute Gasteiger partial charge is 0.226 e. The Bertz CT molecular complexity index is 908. The van der Waals surface area contributed by atoms with Crippen molar-refractivity contribution in [2.45, 2.75) is 32.4 Å². The van der Waals surface area contributed by atoms with E-state index in [-0.39, 0.29) is 11.5 Å². The zero-order valence-corrected chi connectivity index (χ0v) is 15.2. The van der Waals surface area contributed by atoms with Gasteiger partial charge in [0.25, 0.3) is 0 Å². The fourth-order valence-corrected chi connectivity index (χ4v) is 3.27. The Labute approximate surface area is 156 Å². The molecular formula is C18H20ClN5O2. The minimum absolute atomic E-state index is 0.0664. The van der Waals surface area contributed by atoms with Crippen LogP contribution in [0, 0.1) is 0 Å². The lowest BCUT2D eigenvalue weighted by molar-refractivity contribution is -0.0298. The Balaban J connectivity index is 1.73. The van der Waals surface area contributed by atoms with Gasteiger partial charge in [-0.15, -0.1) is 0 Å². The molecule has 0 aliphatic carbocycles. The monoisotopic (exact) mass is 373 g/mol. The molecule has 1 aliphatic heterocycles. The quantitative estimate of drug-likeness (QED) is 0.671. The number of rotatable bonds is 5. The van der Waals surface area contributed by atoms with E-state index in [2.05, 4.69) is 20.3 Å². The van der Waals surface area contributed by atoms with Gasteiger partial charge in [0.2, 0.25) is 5.28 Å². The number of hydrogen-bond acceptors (Lipinski definition) is 6. The minimum atomic E-state index is -0.0664. The molecule has 0 amide bonds. The van der Waals surface area contributed by atoms with Gasteiger partial charge in [0.05, 0.1) is 18.6 Å². The van der Waals surface area contributed by atoms with E-state index >= 15 is 0 Å². The van der Waals surface area contributed by atoms with Crippen molar-refractivity contribution in [1.82, 2.24) is 19.5 Å². The van der Waals surface area contributed by atoms with E-state index in [0.29, 0.717) is 23.6 Å². The highest BCUT2D eigenvalue weighted by atomic mass is 35.5. The summed E-state index contributed by atoms with van der Waals surface area (Å²) in [5.74, 6) is 1.29. The predicted octanol–water partition coefficient (Wildman–Crippen LogP) is 4.32. The first-order valence-electron chi connectivity index (χ1n) is 8.77. The Morgan fingerprint density at radius 3 is 3.00 bits per heavy atom. The number of anilines is 2. The summed E-state index contributed by atoms with van der Waals surface area (Å²) in [7, 11) is 0. The fraction of sp³-hybridized carbons (Fsp3) is 0.389. The molecule has 2 aromatic heterocycles. The molecule has 136 valence electrons. The van der Waals surface area contributed by atoms with Gasteiger partial charge in [-0.2, -0.15) is 9.97 Å². The van der Waals surface area contributed by atoms with E-state index in [0.717, 1.165) is 37.3 Å². The molecule has 1 atom stereocenters. The molecule has 3 heterocycles. The van der Waals surface area contributed by atoms with Crippen LogP contribution in [0.4, 0.5) is 11.5 Å². The van der Waals surface area contributed by atoms with E-state index < -0.39 is 0 Å².